The number of alkyl halides is 1. The predicted octanol–water partition coefficient (Wildman–Crippen LogP) is 9.28. The van der Waals surface area contributed by atoms with Crippen molar-refractivity contribution in [1.29, 1.82) is 0 Å². The lowest BCUT2D eigenvalue weighted by molar-refractivity contribution is -0.384. The Morgan fingerprint density at radius 1 is 0.972 bits per heavy atom. The number of hydrogen-bond acceptors (Lipinski definition) is 13. The molecule has 16 nitrogen and oxygen atoms in total. The minimum atomic E-state index is -4.78. The molecule has 1 saturated carbocycles. The van der Waals surface area contributed by atoms with Crippen molar-refractivity contribution in [3.05, 3.63) is 142 Å². The van der Waals surface area contributed by atoms with Gasteiger partial charge in [-0.15, -0.1) is 0 Å². The highest BCUT2D eigenvalue weighted by Crippen LogP contribution is 2.53. The predicted molar refractivity (Wildman–Crippen MR) is 269 cm³/mol. The lowest BCUT2D eigenvalue weighted by Crippen LogP contribution is -2.60. The van der Waals surface area contributed by atoms with Gasteiger partial charge in [0.1, 0.15) is 34.3 Å². The van der Waals surface area contributed by atoms with Gasteiger partial charge in [-0.25, -0.2) is 26.9 Å². The summed E-state index contributed by atoms with van der Waals surface area (Å²) in [5.74, 6) is -1.49. The number of piperidine rings is 1. The van der Waals surface area contributed by atoms with Gasteiger partial charge in [0.05, 0.1) is 33.0 Å². The number of aromatic nitrogens is 3. The lowest BCUT2D eigenvalue weighted by Gasteiger charge is -2.58. The van der Waals surface area contributed by atoms with Gasteiger partial charge in [0.15, 0.2) is 0 Å². The van der Waals surface area contributed by atoms with Gasteiger partial charge < -0.3 is 24.7 Å². The number of amides is 1. The van der Waals surface area contributed by atoms with E-state index in [4.69, 9.17) is 9.47 Å². The number of carbonyl (C=O) groups excluding carboxylic acids is 1. The quantitative estimate of drug-likeness (QED) is 0.0653. The minimum Gasteiger partial charge on any atom is -0.455 e. The third kappa shape index (κ3) is 10.4. The number of nitro benzene ring substituents is 1. The molecule has 3 N–H and O–H groups in total. The number of carbonyl (C=O) groups is 1. The van der Waals surface area contributed by atoms with E-state index in [1.807, 2.05) is 28.0 Å². The van der Waals surface area contributed by atoms with Gasteiger partial charge >= 0.3 is 0 Å². The van der Waals surface area contributed by atoms with E-state index >= 15 is 8.78 Å². The number of H-pyrrole nitrogens is 1. The number of benzene rings is 3. The molecule has 6 heterocycles. The molecule has 1 spiro atoms. The molecule has 1 amide bonds. The summed E-state index contributed by atoms with van der Waals surface area (Å²) in [6.45, 7) is 9.38. The molecule has 10 rings (SSSR count). The van der Waals surface area contributed by atoms with Crippen molar-refractivity contribution in [2.45, 2.75) is 87.5 Å². The fourth-order valence-electron chi connectivity index (χ4n) is 11.1. The van der Waals surface area contributed by atoms with Crippen molar-refractivity contribution in [2.24, 2.45) is 5.41 Å². The zero-order valence-electron chi connectivity index (χ0n) is 40.4. The van der Waals surface area contributed by atoms with Gasteiger partial charge in [0, 0.05) is 114 Å². The number of piperazine rings is 1. The molecule has 0 unspecified atom stereocenters. The molecule has 6 aromatic rings. The van der Waals surface area contributed by atoms with Crippen LogP contribution in [-0.4, -0.2) is 108 Å². The number of nitrogens with zero attached hydrogens (tertiary/aromatic N) is 6. The summed E-state index contributed by atoms with van der Waals surface area (Å²) in [5.41, 5.74) is 1.88. The van der Waals surface area contributed by atoms with Crippen LogP contribution in [0.25, 0.3) is 11.0 Å². The Kier molecular flexibility index (Phi) is 13.7. The summed E-state index contributed by atoms with van der Waals surface area (Å²) >= 11 is 0. The van der Waals surface area contributed by atoms with Crippen LogP contribution in [0.3, 0.4) is 0 Å². The number of nitrogens with one attached hydrogen (secondary N) is 3. The first-order valence-corrected chi connectivity index (χ1v) is 26.2. The average molecular weight is 1000 g/mol. The molecule has 3 aromatic heterocycles. The average Bonchev–Trinajstić information content (AvgIpc) is 3.84. The Morgan fingerprint density at radius 3 is 2.50 bits per heavy atom. The SMILES string of the molecule is CC(C)c1ccccc1[C@@H]1CN(Cc2ccccn2)CCN1C1CC2(CCN(c3cc(Oc4cnc5[nH]ccc5c4)c(C(=O)NS(=O)(=O)c4ccc(NCC5(F)CCOCC5)c([N+](=O)[O-])c4)cc3F)CC2)C1. The zero-order valence-corrected chi connectivity index (χ0v) is 41.2. The van der Waals surface area contributed by atoms with Crippen LogP contribution < -0.4 is 19.7 Å². The standard InChI is InChI=1S/C53H59F2N9O7S/c1-35(2)41-8-3-4-9-42(41)48-33-61(32-37-7-5-6-17-56-37)21-22-63(48)38-29-52(30-38)13-19-62(20-14-52)46-28-49(71-39-25-36-12-18-57-50(36)58-31-39)43(27-44(46)54)51(65)60-72(68,69)40-10-11-45(47(26-40)64(66)67)59-34-53(55)15-23-70-24-16-53/h3-12,17-18,25-28,31,35,38,48,59H,13-16,19-24,29-30,32-34H2,1-2H3,(H,57,58)(H,60,65)/t48-/m0/s1. The maximum Gasteiger partial charge on any atom is 0.293 e. The summed E-state index contributed by atoms with van der Waals surface area (Å²) in [4.78, 5) is 44.0. The number of sulfonamides is 1. The summed E-state index contributed by atoms with van der Waals surface area (Å²) in [7, 11) is -4.78. The molecule has 4 fully saturated rings. The highest BCUT2D eigenvalue weighted by atomic mass is 32.2. The third-order valence-corrected chi connectivity index (χ3v) is 16.5. The second-order valence-corrected chi connectivity index (χ2v) is 21.8. The summed E-state index contributed by atoms with van der Waals surface area (Å²) in [6, 6.07) is 24.4. The van der Waals surface area contributed by atoms with Crippen LogP contribution in [0.2, 0.25) is 0 Å². The molecule has 3 aromatic carbocycles. The van der Waals surface area contributed by atoms with E-state index in [0.29, 0.717) is 36.1 Å². The second kappa shape index (κ2) is 20.2. The van der Waals surface area contributed by atoms with Crippen molar-refractivity contribution in [3.8, 4) is 11.5 Å². The molecule has 19 heteroatoms. The van der Waals surface area contributed by atoms with Gasteiger partial charge in [0.2, 0.25) is 0 Å². The van der Waals surface area contributed by atoms with Gasteiger partial charge in [0.25, 0.3) is 21.6 Å². The maximum absolute atomic E-state index is 16.5. The number of pyridine rings is 2. The van der Waals surface area contributed by atoms with E-state index < -0.39 is 48.5 Å². The Balaban J connectivity index is 0.856. The van der Waals surface area contributed by atoms with Crippen molar-refractivity contribution >= 4 is 44.0 Å². The normalized spacial score (nSPS) is 19.6. The Bertz CT molecular complexity index is 3060. The third-order valence-electron chi connectivity index (χ3n) is 15.2. The Hall–Kier alpha value is -6.54. The number of fused-ring (bicyclic) bond motifs is 1. The topological polar surface area (TPSA) is 188 Å². The van der Waals surface area contributed by atoms with Gasteiger partial charge in [-0.1, -0.05) is 44.2 Å². The highest BCUT2D eigenvalue weighted by Gasteiger charge is 2.50. The van der Waals surface area contributed by atoms with Crippen molar-refractivity contribution in [2.75, 3.05) is 62.7 Å². The molecule has 0 radical (unpaired) electrons. The summed E-state index contributed by atoms with van der Waals surface area (Å²) < 4.78 is 72.8. The van der Waals surface area contributed by atoms with Crippen molar-refractivity contribution in [3.63, 3.8) is 0 Å². The zero-order chi connectivity index (χ0) is 50.2. The van der Waals surface area contributed by atoms with Crippen molar-refractivity contribution < 1.29 is 36.4 Å². The van der Waals surface area contributed by atoms with Crippen LogP contribution in [-0.2, 0) is 21.3 Å². The second-order valence-electron chi connectivity index (χ2n) is 20.1. The first kappa shape index (κ1) is 49.1. The minimum absolute atomic E-state index is 0.0964. The monoisotopic (exact) mass is 1000 g/mol. The van der Waals surface area contributed by atoms with Gasteiger partial charge in [-0.3, -0.25) is 29.7 Å². The number of aromatic amines is 1. The number of anilines is 2. The molecular weight excluding hydrogens is 945 g/mol. The highest BCUT2D eigenvalue weighted by molar-refractivity contribution is 7.90. The molecule has 4 aliphatic rings. The van der Waals surface area contributed by atoms with Crippen LogP contribution >= 0.6 is 0 Å². The van der Waals surface area contributed by atoms with Gasteiger partial charge in [-0.05, 0) is 90.6 Å². The molecule has 3 aliphatic heterocycles. The maximum atomic E-state index is 16.5. The van der Waals surface area contributed by atoms with Crippen LogP contribution in [0, 0.1) is 21.3 Å². The molecule has 1 atom stereocenters. The van der Waals surface area contributed by atoms with E-state index in [2.05, 4.69) is 74.2 Å². The van der Waals surface area contributed by atoms with Crippen LogP contribution in [0.1, 0.15) is 91.5 Å². The molecule has 378 valence electrons. The molecular formula is C53H59F2N9O7S. The van der Waals surface area contributed by atoms with Crippen molar-refractivity contribution in [1.82, 2.24) is 29.5 Å². The molecule has 0 bridgehead atoms. The largest absolute Gasteiger partial charge is 0.455 e. The van der Waals surface area contributed by atoms with Crippen LogP contribution in [0.4, 0.5) is 25.8 Å². The number of hydrogen-bond donors (Lipinski definition) is 3. The van der Waals surface area contributed by atoms with Crippen LogP contribution in [0.5, 0.6) is 11.5 Å². The molecule has 1 aliphatic carbocycles. The molecule has 72 heavy (non-hydrogen) atoms. The van der Waals surface area contributed by atoms with E-state index in [1.54, 1.807) is 18.3 Å². The number of halogens is 2. The van der Waals surface area contributed by atoms with E-state index in [9.17, 15) is 23.3 Å². The Labute approximate surface area is 417 Å². The van der Waals surface area contributed by atoms with E-state index in [0.717, 1.165) is 81.8 Å². The fourth-order valence-corrected chi connectivity index (χ4v) is 12.1. The van der Waals surface area contributed by atoms with Gasteiger partial charge in [-0.2, -0.15) is 0 Å². The Morgan fingerprint density at radius 2 is 1.75 bits per heavy atom. The summed E-state index contributed by atoms with van der Waals surface area (Å²) in [5, 5.41) is 15.6. The van der Waals surface area contributed by atoms with Crippen LogP contribution in [0.15, 0.2) is 108 Å². The first-order valence-electron chi connectivity index (χ1n) is 24.7. The smallest absolute Gasteiger partial charge is 0.293 e. The number of nitro groups is 1. The number of rotatable bonds is 15. The summed E-state index contributed by atoms with van der Waals surface area (Å²) in [6.07, 6.45) is 8.94. The fraction of sp³-hybridized carbons (Fsp3) is 0.415. The van der Waals surface area contributed by atoms with E-state index in [-0.39, 0.29) is 66.9 Å². The molecule has 3 saturated heterocycles. The number of ether oxygens (including phenoxy) is 2. The lowest BCUT2D eigenvalue weighted by atomic mass is 9.59. The first-order chi connectivity index (χ1) is 34.6. The van der Waals surface area contributed by atoms with E-state index in [1.165, 1.54) is 23.4 Å².